The number of allylic oxidation sites excluding steroid dienone is 28. The van der Waals surface area contributed by atoms with Crippen LogP contribution in [-0.2, 0) is 32.7 Å². The molecule has 0 amide bonds. The van der Waals surface area contributed by atoms with E-state index in [1.54, 1.807) is 0 Å². The fourth-order valence-electron chi connectivity index (χ4n) is 11.8. The molecule has 10 heteroatoms. The zero-order valence-corrected chi connectivity index (χ0v) is 68.8. The van der Waals surface area contributed by atoms with Crippen molar-refractivity contribution in [3.8, 4) is 0 Å². The van der Waals surface area contributed by atoms with Crippen LogP contribution in [0.4, 0.5) is 0 Å². The maximum Gasteiger partial charge on any atom is 0.472 e. The molecule has 2 unspecified atom stereocenters. The minimum atomic E-state index is -4.41. The number of quaternary nitrogens is 1. The van der Waals surface area contributed by atoms with E-state index < -0.39 is 26.5 Å². The minimum Gasteiger partial charge on any atom is -0.462 e. The lowest BCUT2D eigenvalue weighted by molar-refractivity contribution is -0.870. The quantitative estimate of drug-likeness (QED) is 0.0211. The third-order valence-corrected chi connectivity index (χ3v) is 19.2. The molecule has 0 fully saturated rings. The summed E-state index contributed by atoms with van der Waals surface area (Å²) in [5.41, 5.74) is 0. The van der Waals surface area contributed by atoms with Crippen LogP contribution in [0.5, 0.6) is 0 Å². The van der Waals surface area contributed by atoms with Crippen molar-refractivity contribution in [2.45, 2.75) is 367 Å². The Morgan fingerprint density at radius 3 is 0.769 bits per heavy atom. The molecule has 2 atom stereocenters. The standard InChI is InChI=1S/C94H160NO8P/c1-6-8-10-12-14-16-18-20-22-24-26-28-30-32-34-36-38-40-42-44-46-47-49-50-52-54-56-58-60-62-64-66-68-70-72-74-76-78-80-82-84-86-93(96)100-90-92(91-102-104(98,99)101-89-88-95(3,4)5)103-94(97)87-85-83-81-79-77-75-73-71-69-67-65-63-61-59-57-55-53-51-48-45-43-41-39-37-35-33-31-29-27-25-23-21-19-17-15-13-11-9-7-2/h8-11,14-17,20-23,26-29,32-35,39,41,45,48,53,55,59,61,92H,6-7,12-13,18-19,24-25,30-31,36-38,40,42-44,46-47,49-52,54,56-58,60,62-91H2,1-5H3/p+1/b10-8-,11-9-,16-14-,17-15-,22-20-,23-21-,28-26-,29-27-,34-32-,35-33-,41-39-,48-45-,55-53-,61-59-. The first-order valence-electron chi connectivity index (χ1n) is 42.9. The van der Waals surface area contributed by atoms with E-state index in [2.05, 4.69) is 184 Å². The highest BCUT2D eigenvalue weighted by molar-refractivity contribution is 7.47. The van der Waals surface area contributed by atoms with Gasteiger partial charge in [-0.2, -0.15) is 0 Å². The van der Waals surface area contributed by atoms with Crippen LogP contribution in [-0.4, -0.2) is 74.9 Å². The van der Waals surface area contributed by atoms with Gasteiger partial charge in [-0.3, -0.25) is 18.6 Å². The van der Waals surface area contributed by atoms with Gasteiger partial charge in [0.05, 0.1) is 27.7 Å². The molecule has 0 aromatic heterocycles. The first kappa shape index (κ1) is 99.4. The maximum absolute atomic E-state index is 12.9. The van der Waals surface area contributed by atoms with Crippen LogP contribution >= 0.6 is 7.82 Å². The Kier molecular flexibility index (Phi) is 78.8. The van der Waals surface area contributed by atoms with Crippen LogP contribution in [0, 0.1) is 0 Å². The van der Waals surface area contributed by atoms with Gasteiger partial charge in [0.1, 0.15) is 19.8 Å². The van der Waals surface area contributed by atoms with E-state index >= 15 is 0 Å². The van der Waals surface area contributed by atoms with Crippen molar-refractivity contribution in [1.82, 2.24) is 0 Å². The van der Waals surface area contributed by atoms with Crippen LogP contribution in [0.15, 0.2) is 170 Å². The summed E-state index contributed by atoms with van der Waals surface area (Å²) in [6.07, 6.45) is 125. The number of hydrogen-bond donors (Lipinski definition) is 1. The number of rotatable bonds is 78. The molecule has 0 aliphatic carbocycles. The smallest absolute Gasteiger partial charge is 0.462 e. The maximum atomic E-state index is 12.9. The Morgan fingerprint density at radius 2 is 0.519 bits per heavy atom. The summed E-state index contributed by atoms with van der Waals surface area (Å²) in [5.74, 6) is -0.794. The van der Waals surface area contributed by atoms with Gasteiger partial charge in [-0.25, -0.2) is 4.57 Å². The number of ether oxygens (including phenoxy) is 2. The fourth-order valence-corrected chi connectivity index (χ4v) is 12.5. The van der Waals surface area contributed by atoms with Gasteiger partial charge in [0, 0.05) is 12.8 Å². The Hall–Kier alpha value is -4.63. The second-order valence-corrected chi connectivity index (χ2v) is 30.9. The molecule has 0 saturated heterocycles. The van der Waals surface area contributed by atoms with E-state index in [-0.39, 0.29) is 32.0 Å². The van der Waals surface area contributed by atoms with Gasteiger partial charge in [0.25, 0.3) is 0 Å². The largest absolute Gasteiger partial charge is 0.472 e. The van der Waals surface area contributed by atoms with Crippen LogP contribution in [0.3, 0.4) is 0 Å². The van der Waals surface area contributed by atoms with E-state index in [1.807, 2.05) is 21.1 Å². The van der Waals surface area contributed by atoms with Crippen LogP contribution in [0.2, 0.25) is 0 Å². The molecule has 1 N–H and O–H groups in total. The molecule has 0 saturated carbocycles. The molecule has 0 spiro atoms. The zero-order chi connectivity index (χ0) is 75.4. The van der Waals surface area contributed by atoms with Gasteiger partial charge < -0.3 is 18.9 Å². The van der Waals surface area contributed by atoms with E-state index in [0.717, 1.165) is 135 Å². The number of likely N-dealkylation sites (N-methyl/N-ethyl adjacent to an activating group) is 1. The SMILES string of the molecule is CC/C=C\C/C=C\C/C=C\C/C=C\C/C=C\C/C=C\C/C=C\C/C=C\C/C=C\CCCCCCCCCCCCCC(=O)OC(COC(=O)CCCCCCCCCCCCCCCCCCCCCCCCCCC/C=C\C/C=C\C/C=C\C/C=C\C/C=C\CC)COP(=O)(O)OCC[N+](C)(C)C. The number of nitrogens with zero attached hydrogens (tertiary/aromatic N) is 1. The van der Waals surface area contributed by atoms with Crippen molar-refractivity contribution in [3.05, 3.63) is 170 Å². The Bertz CT molecular complexity index is 2370. The van der Waals surface area contributed by atoms with Crippen molar-refractivity contribution in [2.24, 2.45) is 0 Å². The van der Waals surface area contributed by atoms with Crippen molar-refractivity contribution < 1.29 is 42.1 Å². The lowest BCUT2D eigenvalue weighted by Gasteiger charge is -2.24. The third kappa shape index (κ3) is 86.3. The van der Waals surface area contributed by atoms with Gasteiger partial charge in [0.2, 0.25) is 0 Å². The van der Waals surface area contributed by atoms with Crippen LogP contribution in [0.25, 0.3) is 0 Å². The summed E-state index contributed by atoms with van der Waals surface area (Å²) < 4.78 is 34.9. The average molecular weight is 1460 g/mol. The summed E-state index contributed by atoms with van der Waals surface area (Å²) in [7, 11) is 1.47. The Morgan fingerprint density at radius 1 is 0.298 bits per heavy atom. The molecule has 9 nitrogen and oxygen atoms in total. The van der Waals surface area contributed by atoms with Crippen molar-refractivity contribution in [3.63, 3.8) is 0 Å². The molecule has 0 heterocycles. The predicted octanol–water partition coefficient (Wildman–Crippen LogP) is 29.2. The lowest BCUT2D eigenvalue weighted by Crippen LogP contribution is -2.37. The molecule has 0 aromatic carbocycles. The van der Waals surface area contributed by atoms with Gasteiger partial charge in [-0.15, -0.1) is 0 Å². The summed E-state index contributed by atoms with van der Waals surface area (Å²) in [6, 6.07) is 0. The summed E-state index contributed by atoms with van der Waals surface area (Å²) >= 11 is 0. The highest BCUT2D eigenvalue weighted by atomic mass is 31.2. The van der Waals surface area contributed by atoms with Gasteiger partial charge in [-0.05, 0) is 128 Å². The van der Waals surface area contributed by atoms with E-state index in [4.69, 9.17) is 18.5 Å². The number of unbranched alkanes of at least 4 members (excludes halogenated alkanes) is 36. The van der Waals surface area contributed by atoms with E-state index in [1.165, 1.54) is 193 Å². The molecular formula is C94H161NO8P+. The second-order valence-electron chi connectivity index (χ2n) is 29.5. The molecule has 0 aliphatic heterocycles. The number of hydrogen-bond acceptors (Lipinski definition) is 7. The summed E-state index contributed by atoms with van der Waals surface area (Å²) in [6.45, 7) is 4.23. The summed E-state index contributed by atoms with van der Waals surface area (Å²) in [4.78, 5) is 36.0. The highest BCUT2D eigenvalue weighted by Gasteiger charge is 2.27. The Balaban J connectivity index is 3.96. The van der Waals surface area contributed by atoms with E-state index in [9.17, 15) is 19.0 Å². The zero-order valence-electron chi connectivity index (χ0n) is 68.0. The topological polar surface area (TPSA) is 108 Å². The van der Waals surface area contributed by atoms with Gasteiger partial charge in [-0.1, -0.05) is 389 Å². The highest BCUT2D eigenvalue weighted by Crippen LogP contribution is 2.43. The summed E-state index contributed by atoms with van der Waals surface area (Å²) in [5, 5.41) is 0. The number of phosphoric acid groups is 1. The van der Waals surface area contributed by atoms with Crippen molar-refractivity contribution >= 4 is 19.8 Å². The van der Waals surface area contributed by atoms with Gasteiger partial charge in [0.15, 0.2) is 6.10 Å². The second kappa shape index (κ2) is 82.4. The first-order valence-corrected chi connectivity index (χ1v) is 44.4. The normalized spacial score (nSPS) is 13.9. The molecule has 0 radical (unpaired) electrons. The van der Waals surface area contributed by atoms with Gasteiger partial charge >= 0.3 is 19.8 Å². The molecule has 0 aliphatic rings. The number of esters is 2. The molecule has 594 valence electrons. The molecular weight excluding hydrogens is 1300 g/mol. The molecule has 0 bridgehead atoms. The average Bonchev–Trinajstić information content (AvgIpc) is 0.915. The van der Waals surface area contributed by atoms with Crippen molar-refractivity contribution in [1.29, 1.82) is 0 Å². The Labute approximate surface area is 642 Å². The monoisotopic (exact) mass is 1460 g/mol. The van der Waals surface area contributed by atoms with Crippen LogP contribution < -0.4 is 0 Å². The minimum absolute atomic E-state index is 0.0264. The fraction of sp³-hybridized carbons (Fsp3) is 0.681. The number of carbonyl (C=O) groups excluding carboxylic acids is 2. The third-order valence-electron chi connectivity index (χ3n) is 18.2. The molecule has 0 rings (SSSR count). The van der Waals surface area contributed by atoms with Crippen LogP contribution in [0.1, 0.15) is 361 Å². The van der Waals surface area contributed by atoms with Crippen molar-refractivity contribution in [2.75, 3.05) is 47.5 Å². The van der Waals surface area contributed by atoms with E-state index in [0.29, 0.717) is 17.4 Å². The molecule has 104 heavy (non-hydrogen) atoms. The lowest BCUT2D eigenvalue weighted by atomic mass is 10.0. The molecule has 0 aromatic rings. The number of phosphoric ester groups is 1. The first-order chi connectivity index (χ1) is 51.0. The number of carbonyl (C=O) groups is 2. The predicted molar refractivity (Wildman–Crippen MR) is 454 cm³/mol.